The van der Waals surface area contributed by atoms with Crippen LogP contribution in [0.15, 0.2) is 24.3 Å². The van der Waals surface area contributed by atoms with Crippen molar-refractivity contribution in [3.05, 3.63) is 27.8 Å². The molecule has 0 spiro atoms. The Hall–Kier alpha value is -1.31. The quantitative estimate of drug-likeness (QED) is 0.678. The van der Waals surface area contributed by atoms with E-state index in [0.29, 0.717) is 24.4 Å². The smallest absolute Gasteiger partial charge is 0.329 e. The minimum absolute atomic E-state index is 0.299. The largest absolute Gasteiger partial charge is 0.480 e. The Kier molecular flexibility index (Phi) is 5.08. The lowest BCUT2D eigenvalue weighted by atomic mass is 9.76. The van der Waals surface area contributed by atoms with Crippen LogP contribution in [0.3, 0.4) is 0 Å². The molecule has 5 nitrogen and oxygen atoms in total. The van der Waals surface area contributed by atoms with Crippen LogP contribution in [0.5, 0.6) is 0 Å². The van der Waals surface area contributed by atoms with Gasteiger partial charge in [-0.2, -0.15) is 0 Å². The summed E-state index contributed by atoms with van der Waals surface area (Å²) in [6, 6.07) is 6.90. The second kappa shape index (κ2) is 6.64. The molecule has 0 radical (unpaired) electrons. The Bertz CT molecular complexity index is 549. The Morgan fingerprint density at radius 1 is 1.43 bits per heavy atom. The van der Waals surface area contributed by atoms with Crippen LogP contribution in [0, 0.1) is 9.49 Å². The number of carboxylic acids is 1. The first-order valence-electron chi connectivity index (χ1n) is 6.99. The third-order valence-corrected chi connectivity index (χ3v) is 4.51. The van der Waals surface area contributed by atoms with Gasteiger partial charge in [-0.15, -0.1) is 0 Å². The second-order valence-corrected chi connectivity index (χ2v) is 6.92. The van der Waals surface area contributed by atoms with Gasteiger partial charge in [0, 0.05) is 9.26 Å². The zero-order valence-corrected chi connectivity index (χ0v) is 14.0. The van der Waals surface area contributed by atoms with Gasteiger partial charge >= 0.3 is 12.0 Å². The fourth-order valence-electron chi connectivity index (χ4n) is 2.86. The molecule has 1 aromatic rings. The van der Waals surface area contributed by atoms with Gasteiger partial charge in [-0.1, -0.05) is 25.8 Å². The molecule has 0 aliphatic heterocycles. The summed E-state index contributed by atoms with van der Waals surface area (Å²) in [6.45, 7) is 2.02. The van der Waals surface area contributed by atoms with E-state index < -0.39 is 17.5 Å². The molecule has 1 aliphatic rings. The standard InChI is InChI=1S/C15H19IN2O3/c1-10-4-3-7-15(9-10,13(19)20)18-14(21)17-12-6-2-5-11(16)8-12/h2,5-6,8,10H,3-4,7,9H2,1H3,(H,19,20)(H2,17,18,21). The van der Waals surface area contributed by atoms with E-state index in [1.807, 2.05) is 25.1 Å². The number of benzene rings is 1. The van der Waals surface area contributed by atoms with Crippen molar-refractivity contribution in [1.82, 2.24) is 5.32 Å². The number of hydrogen-bond acceptors (Lipinski definition) is 2. The van der Waals surface area contributed by atoms with Crippen LogP contribution in [0.2, 0.25) is 0 Å². The number of carboxylic acid groups (broad SMARTS) is 1. The first-order valence-corrected chi connectivity index (χ1v) is 8.07. The number of carbonyl (C=O) groups is 2. The molecular formula is C15H19IN2O3. The van der Waals surface area contributed by atoms with Gasteiger partial charge in [-0.05, 0) is 59.5 Å². The van der Waals surface area contributed by atoms with Crippen LogP contribution in [-0.2, 0) is 4.79 Å². The number of halogens is 1. The van der Waals surface area contributed by atoms with Gasteiger partial charge in [0.2, 0.25) is 0 Å². The molecule has 2 amide bonds. The van der Waals surface area contributed by atoms with E-state index in [2.05, 4.69) is 33.2 Å². The van der Waals surface area contributed by atoms with Crippen LogP contribution in [-0.4, -0.2) is 22.6 Å². The molecule has 114 valence electrons. The molecule has 6 heteroatoms. The third-order valence-electron chi connectivity index (χ3n) is 3.84. The zero-order valence-electron chi connectivity index (χ0n) is 11.9. The van der Waals surface area contributed by atoms with Crippen molar-refractivity contribution in [3.63, 3.8) is 0 Å². The molecule has 1 saturated carbocycles. The summed E-state index contributed by atoms with van der Waals surface area (Å²) >= 11 is 2.16. The Morgan fingerprint density at radius 3 is 2.81 bits per heavy atom. The van der Waals surface area contributed by atoms with Gasteiger partial charge in [0.1, 0.15) is 5.54 Å². The normalized spacial score (nSPS) is 25.1. The summed E-state index contributed by atoms with van der Waals surface area (Å²) in [7, 11) is 0. The van der Waals surface area contributed by atoms with Crippen molar-refractivity contribution in [2.24, 2.45) is 5.92 Å². The Morgan fingerprint density at radius 2 is 2.19 bits per heavy atom. The molecule has 2 rings (SSSR count). The topological polar surface area (TPSA) is 78.4 Å². The summed E-state index contributed by atoms with van der Waals surface area (Å²) in [5.41, 5.74) is -0.493. The number of urea groups is 1. The number of hydrogen-bond donors (Lipinski definition) is 3. The van der Waals surface area contributed by atoms with Gasteiger partial charge < -0.3 is 15.7 Å². The van der Waals surface area contributed by atoms with Crippen LogP contribution in [0.25, 0.3) is 0 Å². The molecule has 0 bridgehead atoms. The Labute approximate surface area is 137 Å². The molecule has 3 N–H and O–H groups in total. The minimum atomic E-state index is -1.15. The fourth-order valence-corrected chi connectivity index (χ4v) is 3.40. The van der Waals surface area contributed by atoms with E-state index in [1.165, 1.54) is 0 Å². The zero-order chi connectivity index (χ0) is 15.5. The number of nitrogens with one attached hydrogen (secondary N) is 2. The number of amides is 2. The maximum atomic E-state index is 12.1. The summed E-state index contributed by atoms with van der Waals surface area (Å²) in [5.74, 6) is -0.653. The lowest BCUT2D eigenvalue weighted by Crippen LogP contribution is -2.57. The van der Waals surface area contributed by atoms with Crippen molar-refractivity contribution in [1.29, 1.82) is 0 Å². The van der Waals surface area contributed by atoms with Crippen molar-refractivity contribution in [2.45, 2.75) is 38.1 Å². The molecule has 0 aromatic heterocycles. The monoisotopic (exact) mass is 402 g/mol. The highest BCUT2D eigenvalue weighted by atomic mass is 127. The van der Waals surface area contributed by atoms with Crippen molar-refractivity contribution < 1.29 is 14.7 Å². The molecule has 0 heterocycles. The maximum Gasteiger partial charge on any atom is 0.329 e. The summed E-state index contributed by atoms with van der Waals surface area (Å²) in [6.07, 6.45) is 2.78. The number of aliphatic carboxylic acids is 1. The van der Waals surface area contributed by atoms with Crippen molar-refractivity contribution in [3.8, 4) is 0 Å². The highest BCUT2D eigenvalue weighted by Gasteiger charge is 2.43. The lowest BCUT2D eigenvalue weighted by Gasteiger charge is -2.36. The van der Waals surface area contributed by atoms with Crippen LogP contribution >= 0.6 is 22.6 Å². The van der Waals surface area contributed by atoms with E-state index in [-0.39, 0.29) is 0 Å². The fraction of sp³-hybridized carbons (Fsp3) is 0.467. The first kappa shape index (κ1) is 16.1. The predicted molar refractivity (Wildman–Crippen MR) is 89.3 cm³/mol. The number of carbonyl (C=O) groups excluding carboxylic acids is 1. The van der Waals surface area contributed by atoms with Gasteiger partial charge in [-0.25, -0.2) is 9.59 Å². The lowest BCUT2D eigenvalue weighted by molar-refractivity contribution is -0.146. The average Bonchev–Trinajstić information content (AvgIpc) is 2.38. The maximum absolute atomic E-state index is 12.1. The summed E-state index contributed by atoms with van der Waals surface area (Å²) in [4.78, 5) is 23.7. The van der Waals surface area contributed by atoms with Crippen LogP contribution in [0.4, 0.5) is 10.5 Å². The number of rotatable bonds is 3. The second-order valence-electron chi connectivity index (χ2n) is 5.68. The average molecular weight is 402 g/mol. The van der Waals surface area contributed by atoms with Gasteiger partial charge in [-0.3, -0.25) is 0 Å². The molecule has 2 atom stereocenters. The predicted octanol–water partition coefficient (Wildman–Crippen LogP) is 3.45. The molecule has 0 saturated heterocycles. The molecule has 1 fully saturated rings. The van der Waals surface area contributed by atoms with E-state index in [1.54, 1.807) is 6.07 Å². The molecule has 1 aliphatic carbocycles. The van der Waals surface area contributed by atoms with Gasteiger partial charge in [0.05, 0.1) is 0 Å². The van der Waals surface area contributed by atoms with E-state index >= 15 is 0 Å². The minimum Gasteiger partial charge on any atom is -0.480 e. The van der Waals surface area contributed by atoms with Crippen molar-refractivity contribution >= 4 is 40.3 Å². The SMILES string of the molecule is CC1CCCC(NC(=O)Nc2cccc(I)c2)(C(=O)O)C1. The van der Waals surface area contributed by atoms with Crippen molar-refractivity contribution in [2.75, 3.05) is 5.32 Å². The first-order chi connectivity index (χ1) is 9.91. The highest BCUT2D eigenvalue weighted by Crippen LogP contribution is 2.32. The molecule has 1 aromatic carbocycles. The molecular weight excluding hydrogens is 383 g/mol. The summed E-state index contributed by atoms with van der Waals surface area (Å²) in [5, 5.41) is 14.9. The Balaban J connectivity index is 2.07. The molecule has 2 unspecified atom stereocenters. The highest BCUT2D eigenvalue weighted by molar-refractivity contribution is 14.1. The van der Waals surface area contributed by atoms with Crippen LogP contribution in [0.1, 0.15) is 32.6 Å². The van der Waals surface area contributed by atoms with Gasteiger partial charge in [0.15, 0.2) is 0 Å². The number of anilines is 1. The van der Waals surface area contributed by atoms with Crippen LogP contribution < -0.4 is 10.6 Å². The van der Waals surface area contributed by atoms with Gasteiger partial charge in [0.25, 0.3) is 0 Å². The van der Waals surface area contributed by atoms with E-state index in [4.69, 9.17) is 0 Å². The third kappa shape index (κ3) is 4.09. The molecule has 21 heavy (non-hydrogen) atoms. The summed E-state index contributed by atoms with van der Waals surface area (Å²) < 4.78 is 1.00. The van der Waals surface area contributed by atoms with E-state index in [0.717, 1.165) is 16.4 Å². The van der Waals surface area contributed by atoms with E-state index in [9.17, 15) is 14.7 Å².